The first-order valence-electron chi connectivity index (χ1n) is 6.36. The van der Waals surface area contributed by atoms with Gasteiger partial charge in [0.05, 0.1) is 11.1 Å². The van der Waals surface area contributed by atoms with Gasteiger partial charge in [0.2, 0.25) is 0 Å². The molecule has 0 radical (unpaired) electrons. The third-order valence-electron chi connectivity index (χ3n) is 3.52. The van der Waals surface area contributed by atoms with Crippen LogP contribution in [0, 0.1) is 12.7 Å². The molecule has 21 heavy (non-hydrogen) atoms. The van der Waals surface area contributed by atoms with Crippen molar-refractivity contribution in [2.45, 2.75) is 13.0 Å². The fraction of sp³-hybridized carbons (Fsp3) is 0.125. The second-order valence-corrected chi connectivity index (χ2v) is 6.21. The summed E-state index contributed by atoms with van der Waals surface area (Å²) in [5, 5.41) is 1.06. The first kappa shape index (κ1) is 14.6. The highest BCUT2D eigenvalue weighted by molar-refractivity contribution is 9.10. The molecule has 0 aliphatic carbocycles. The molecule has 1 atom stereocenters. The van der Waals surface area contributed by atoms with E-state index >= 15 is 0 Å². The number of hydrogen-bond donors (Lipinski definition) is 1. The van der Waals surface area contributed by atoms with E-state index in [9.17, 15) is 4.39 Å². The highest BCUT2D eigenvalue weighted by atomic mass is 79.9. The molecule has 108 valence electrons. The fourth-order valence-corrected chi connectivity index (χ4v) is 2.92. The summed E-state index contributed by atoms with van der Waals surface area (Å²) >= 11 is 9.26. The number of rotatable bonds is 2. The molecule has 5 heteroatoms. The third-order valence-corrected chi connectivity index (χ3v) is 4.30. The predicted molar refractivity (Wildman–Crippen MR) is 86.1 cm³/mol. The van der Waals surface area contributed by atoms with Crippen LogP contribution in [0.25, 0.3) is 11.0 Å². The molecule has 1 heterocycles. The van der Waals surface area contributed by atoms with E-state index in [1.165, 1.54) is 12.1 Å². The van der Waals surface area contributed by atoms with E-state index in [4.69, 9.17) is 21.8 Å². The number of fused-ring (bicyclic) bond motifs is 1. The Bertz CT molecular complexity index is 831. The fourth-order valence-electron chi connectivity index (χ4n) is 2.37. The van der Waals surface area contributed by atoms with E-state index in [1.807, 2.05) is 25.1 Å². The molecular formula is C16H12BrClFNO. The van der Waals surface area contributed by atoms with Crippen molar-refractivity contribution in [2.24, 2.45) is 5.73 Å². The first-order chi connectivity index (χ1) is 9.97. The van der Waals surface area contributed by atoms with Crippen molar-refractivity contribution in [3.63, 3.8) is 0 Å². The van der Waals surface area contributed by atoms with Crippen LogP contribution in [0.5, 0.6) is 0 Å². The van der Waals surface area contributed by atoms with Crippen LogP contribution in [0.1, 0.15) is 22.9 Å². The first-order valence-corrected chi connectivity index (χ1v) is 7.53. The minimum Gasteiger partial charge on any atom is -0.459 e. The summed E-state index contributed by atoms with van der Waals surface area (Å²) in [6, 6.07) is 9.76. The molecule has 3 rings (SSSR count). The highest BCUT2D eigenvalue weighted by Crippen LogP contribution is 2.33. The number of furan rings is 1. The van der Waals surface area contributed by atoms with Crippen LogP contribution in [-0.4, -0.2) is 0 Å². The van der Waals surface area contributed by atoms with E-state index in [0.29, 0.717) is 11.3 Å². The van der Waals surface area contributed by atoms with Crippen LogP contribution >= 0.6 is 27.5 Å². The van der Waals surface area contributed by atoms with E-state index in [1.54, 1.807) is 6.07 Å². The van der Waals surface area contributed by atoms with Crippen LogP contribution in [0.4, 0.5) is 4.39 Å². The zero-order chi connectivity index (χ0) is 15.1. The Morgan fingerprint density at radius 3 is 2.71 bits per heavy atom. The zero-order valence-corrected chi connectivity index (χ0v) is 13.5. The van der Waals surface area contributed by atoms with Gasteiger partial charge in [-0.1, -0.05) is 33.6 Å². The minimum atomic E-state index is -0.491. The molecule has 0 amide bonds. The topological polar surface area (TPSA) is 39.2 Å². The molecule has 2 N–H and O–H groups in total. The molecule has 0 saturated carbocycles. The Kier molecular flexibility index (Phi) is 3.78. The Hall–Kier alpha value is -1.36. The van der Waals surface area contributed by atoms with E-state index in [-0.39, 0.29) is 5.02 Å². The number of nitrogens with two attached hydrogens (primary N) is 1. The van der Waals surface area contributed by atoms with E-state index in [2.05, 4.69) is 15.9 Å². The average Bonchev–Trinajstić information content (AvgIpc) is 2.78. The van der Waals surface area contributed by atoms with Gasteiger partial charge in [0.1, 0.15) is 17.2 Å². The second-order valence-electron chi connectivity index (χ2n) is 4.88. The van der Waals surface area contributed by atoms with Gasteiger partial charge in [0.25, 0.3) is 0 Å². The Labute approximate surface area is 134 Å². The summed E-state index contributed by atoms with van der Waals surface area (Å²) in [7, 11) is 0. The molecule has 1 aromatic heterocycles. The molecule has 0 aliphatic heterocycles. The van der Waals surface area contributed by atoms with Crippen LogP contribution in [0.15, 0.2) is 45.3 Å². The van der Waals surface area contributed by atoms with Gasteiger partial charge in [0, 0.05) is 15.4 Å². The van der Waals surface area contributed by atoms with Crippen molar-refractivity contribution in [2.75, 3.05) is 0 Å². The number of halogens is 3. The summed E-state index contributed by atoms with van der Waals surface area (Å²) in [6.45, 7) is 1.96. The Balaban J connectivity index is 2.10. The van der Waals surface area contributed by atoms with Crippen LogP contribution in [-0.2, 0) is 0 Å². The number of hydrogen-bond acceptors (Lipinski definition) is 2. The van der Waals surface area contributed by atoms with Crippen molar-refractivity contribution >= 4 is 38.5 Å². The third kappa shape index (κ3) is 2.59. The van der Waals surface area contributed by atoms with Gasteiger partial charge in [-0.3, -0.25) is 0 Å². The van der Waals surface area contributed by atoms with Gasteiger partial charge in [-0.2, -0.15) is 0 Å². The zero-order valence-electron chi connectivity index (χ0n) is 11.2. The smallest absolute Gasteiger partial charge is 0.141 e. The summed E-state index contributed by atoms with van der Waals surface area (Å²) in [5.74, 6) is 0.198. The van der Waals surface area contributed by atoms with Gasteiger partial charge in [-0.15, -0.1) is 0 Å². The van der Waals surface area contributed by atoms with E-state index in [0.717, 1.165) is 21.0 Å². The largest absolute Gasteiger partial charge is 0.459 e. The Morgan fingerprint density at radius 2 is 2.00 bits per heavy atom. The van der Waals surface area contributed by atoms with Gasteiger partial charge >= 0.3 is 0 Å². The minimum absolute atomic E-state index is 0.0551. The maximum atomic E-state index is 13.3. The van der Waals surface area contributed by atoms with Crippen molar-refractivity contribution in [1.29, 1.82) is 0 Å². The molecular weight excluding hydrogens is 357 g/mol. The van der Waals surface area contributed by atoms with Crippen molar-refractivity contribution in [3.8, 4) is 0 Å². The number of benzene rings is 2. The lowest BCUT2D eigenvalue weighted by atomic mass is 10.0. The summed E-state index contributed by atoms with van der Waals surface area (Å²) < 4.78 is 20.1. The summed E-state index contributed by atoms with van der Waals surface area (Å²) in [4.78, 5) is 0. The quantitative estimate of drug-likeness (QED) is 0.663. The molecule has 2 aromatic carbocycles. The highest BCUT2D eigenvalue weighted by Gasteiger charge is 2.19. The molecule has 0 bridgehead atoms. The average molecular weight is 369 g/mol. The lowest BCUT2D eigenvalue weighted by molar-refractivity contribution is 0.520. The summed E-state index contributed by atoms with van der Waals surface area (Å²) in [6.07, 6.45) is 0. The van der Waals surface area contributed by atoms with Crippen molar-refractivity contribution in [1.82, 2.24) is 0 Å². The van der Waals surface area contributed by atoms with Crippen LogP contribution < -0.4 is 5.73 Å². The SMILES string of the molecule is Cc1c(C(N)c2ccc(F)c(Cl)c2)oc2ccc(Br)cc12. The molecule has 0 fully saturated rings. The Morgan fingerprint density at radius 1 is 1.24 bits per heavy atom. The maximum Gasteiger partial charge on any atom is 0.141 e. The second kappa shape index (κ2) is 5.44. The normalized spacial score (nSPS) is 12.8. The lowest BCUT2D eigenvalue weighted by Gasteiger charge is -2.11. The monoisotopic (exact) mass is 367 g/mol. The molecule has 3 aromatic rings. The standard InChI is InChI=1S/C16H12BrClFNO/c1-8-11-7-10(17)3-5-14(11)21-16(8)15(20)9-2-4-13(19)12(18)6-9/h2-7,15H,20H2,1H3. The lowest BCUT2D eigenvalue weighted by Crippen LogP contribution is -2.12. The molecule has 0 spiro atoms. The van der Waals surface area contributed by atoms with Gasteiger partial charge in [-0.05, 0) is 42.8 Å². The molecule has 1 unspecified atom stereocenters. The van der Waals surface area contributed by atoms with Crippen molar-refractivity contribution in [3.05, 3.63) is 68.6 Å². The molecule has 0 saturated heterocycles. The molecule has 0 aliphatic rings. The van der Waals surface area contributed by atoms with Gasteiger partial charge in [0.15, 0.2) is 0 Å². The number of aryl methyl sites for hydroxylation is 1. The van der Waals surface area contributed by atoms with Crippen molar-refractivity contribution < 1.29 is 8.81 Å². The van der Waals surface area contributed by atoms with E-state index < -0.39 is 11.9 Å². The van der Waals surface area contributed by atoms with Gasteiger partial charge < -0.3 is 10.2 Å². The summed E-state index contributed by atoms with van der Waals surface area (Å²) in [5.41, 5.74) is 8.71. The predicted octanol–water partition coefficient (Wildman–Crippen LogP) is 5.34. The maximum absolute atomic E-state index is 13.3. The van der Waals surface area contributed by atoms with Gasteiger partial charge in [-0.25, -0.2) is 4.39 Å². The van der Waals surface area contributed by atoms with Crippen LogP contribution in [0.2, 0.25) is 5.02 Å². The molecule has 2 nitrogen and oxygen atoms in total. The van der Waals surface area contributed by atoms with Crippen LogP contribution in [0.3, 0.4) is 0 Å².